The molecule has 26 heavy (non-hydrogen) atoms. The second kappa shape index (κ2) is 6.19. The standard InChI is InChI=1S/C21H20N4O/c1-14(2)25-13-17(6-7-21(25)26)15-8-9-24-19(12-23-20(24)11-15)16-4-3-5-18(22)10-16/h3-14H,22H2,1-2H3. The second-order valence-corrected chi connectivity index (χ2v) is 6.67. The molecule has 0 saturated heterocycles. The summed E-state index contributed by atoms with van der Waals surface area (Å²) < 4.78 is 3.78. The first-order chi connectivity index (χ1) is 12.5. The number of aromatic nitrogens is 3. The van der Waals surface area contributed by atoms with Crippen molar-refractivity contribution in [3.63, 3.8) is 0 Å². The summed E-state index contributed by atoms with van der Waals surface area (Å²) in [4.78, 5) is 16.5. The molecule has 0 unspecified atom stereocenters. The molecule has 0 fully saturated rings. The van der Waals surface area contributed by atoms with Crippen LogP contribution in [0.4, 0.5) is 5.69 Å². The molecule has 0 radical (unpaired) electrons. The van der Waals surface area contributed by atoms with Crippen LogP contribution in [0.5, 0.6) is 0 Å². The highest BCUT2D eigenvalue weighted by Crippen LogP contribution is 2.26. The molecule has 5 nitrogen and oxygen atoms in total. The number of hydrogen-bond donors (Lipinski definition) is 1. The van der Waals surface area contributed by atoms with Gasteiger partial charge in [-0.25, -0.2) is 4.98 Å². The number of benzene rings is 1. The number of fused-ring (bicyclic) bond motifs is 1. The zero-order valence-electron chi connectivity index (χ0n) is 14.8. The number of nitrogens with zero attached hydrogens (tertiary/aromatic N) is 3. The zero-order chi connectivity index (χ0) is 18.3. The fourth-order valence-electron chi connectivity index (χ4n) is 3.15. The van der Waals surface area contributed by atoms with Gasteiger partial charge in [0, 0.05) is 35.8 Å². The average molecular weight is 344 g/mol. The summed E-state index contributed by atoms with van der Waals surface area (Å²) in [5.74, 6) is 0. The molecule has 0 bridgehead atoms. The third kappa shape index (κ3) is 2.77. The third-order valence-electron chi connectivity index (χ3n) is 4.52. The number of nitrogen functional groups attached to an aromatic ring is 1. The molecule has 0 saturated carbocycles. The fourth-order valence-corrected chi connectivity index (χ4v) is 3.15. The quantitative estimate of drug-likeness (QED) is 0.571. The van der Waals surface area contributed by atoms with Gasteiger partial charge in [-0.3, -0.25) is 9.20 Å². The maximum Gasteiger partial charge on any atom is 0.250 e. The number of hydrogen-bond acceptors (Lipinski definition) is 3. The monoisotopic (exact) mass is 344 g/mol. The van der Waals surface area contributed by atoms with E-state index in [2.05, 4.69) is 4.98 Å². The van der Waals surface area contributed by atoms with E-state index in [0.29, 0.717) is 0 Å². The van der Waals surface area contributed by atoms with Gasteiger partial charge in [0.15, 0.2) is 0 Å². The van der Waals surface area contributed by atoms with Crippen molar-refractivity contribution in [1.82, 2.24) is 14.0 Å². The number of rotatable bonds is 3. The van der Waals surface area contributed by atoms with E-state index in [1.54, 1.807) is 10.6 Å². The Kier molecular flexibility index (Phi) is 3.84. The number of nitrogens with two attached hydrogens (primary N) is 1. The predicted molar refractivity (Wildman–Crippen MR) is 105 cm³/mol. The summed E-state index contributed by atoms with van der Waals surface area (Å²) in [5.41, 5.74) is 11.5. The summed E-state index contributed by atoms with van der Waals surface area (Å²) in [7, 11) is 0. The lowest BCUT2D eigenvalue weighted by Crippen LogP contribution is -2.20. The molecular formula is C21H20N4O. The summed E-state index contributed by atoms with van der Waals surface area (Å²) in [6.45, 7) is 4.00. The minimum absolute atomic E-state index is 0.00888. The highest BCUT2D eigenvalue weighted by Gasteiger charge is 2.09. The van der Waals surface area contributed by atoms with Gasteiger partial charge in [0.25, 0.3) is 5.56 Å². The van der Waals surface area contributed by atoms with Crippen LogP contribution in [0.3, 0.4) is 0 Å². The van der Waals surface area contributed by atoms with Crippen LogP contribution < -0.4 is 11.3 Å². The van der Waals surface area contributed by atoms with Gasteiger partial charge < -0.3 is 10.3 Å². The minimum Gasteiger partial charge on any atom is -0.399 e. The molecule has 4 aromatic rings. The fraction of sp³-hybridized carbons (Fsp3) is 0.143. The Bertz CT molecular complexity index is 1150. The molecule has 0 aliphatic carbocycles. The topological polar surface area (TPSA) is 65.3 Å². The second-order valence-electron chi connectivity index (χ2n) is 6.67. The van der Waals surface area contributed by atoms with Crippen LogP contribution in [-0.4, -0.2) is 14.0 Å². The van der Waals surface area contributed by atoms with E-state index in [0.717, 1.165) is 33.7 Å². The summed E-state index contributed by atoms with van der Waals surface area (Å²) in [6, 6.07) is 15.4. The van der Waals surface area contributed by atoms with Gasteiger partial charge in [0.1, 0.15) is 5.65 Å². The Morgan fingerprint density at radius 2 is 1.85 bits per heavy atom. The van der Waals surface area contributed by atoms with Crippen molar-refractivity contribution in [2.45, 2.75) is 19.9 Å². The van der Waals surface area contributed by atoms with E-state index in [4.69, 9.17) is 5.73 Å². The number of imidazole rings is 1. The molecule has 1 aromatic carbocycles. The molecular weight excluding hydrogens is 324 g/mol. The van der Waals surface area contributed by atoms with E-state index in [1.165, 1.54) is 0 Å². The highest BCUT2D eigenvalue weighted by molar-refractivity contribution is 5.71. The van der Waals surface area contributed by atoms with Crippen molar-refractivity contribution in [2.24, 2.45) is 0 Å². The lowest BCUT2D eigenvalue weighted by molar-refractivity contribution is 0.579. The maximum absolute atomic E-state index is 12.0. The molecule has 0 aliphatic heterocycles. The van der Waals surface area contributed by atoms with Crippen molar-refractivity contribution in [1.29, 1.82) is 0 Å². The molecule has 0 spiro atoms. The predicted octanol–water partition coefficient (Wildman–Crippen LogP) is 3.99. The Morgan fingerprint density at radius 3 is 2.62 bits per heavy atom. The van der Waals surface area contributed by atoms with Crippen LogP contribution in [0, 0.1) is 0 Å². The van der Waals surface area contributed by atoms with Gasteiger partial charge in [-0.05, 0) is 55.3 Å². The zero-order valence-corrected chi connectivity index (χ0v) is 14.8. The van der Waals surface area contributed by atoms with Crippen LogP contribution in [0.2, 0.25) is 0 Å². The van der Waals surface area contributed by atoms with Crippen LogP contribution in [-0.2, 0) is 0 Å². The smallest absolute Gasteiger partial charge is 0.250 e. The van der Waals surface area contributed by atoms with Gasteiger partial charge >= 0.3 is 0 Å². The van der Waals surface area contributed by atoms with Crippen LogP contribution in [0.25, 0.3) is 28.0 Å². The summed E-state index contributed by atoms with van der Waals surface area (Å²) in [6.07, 6.45) is 5.75. The first-order valence-electron chi connectivity index (χ1n) is 8.58. The van der Waals surface area contributed by atoms with E-state index in [9.17, 15) is 4.79 Å². The molecule has 0 atom stereocenters. The Morgan fingerprint density at radius 1 is 1.00 bits per heavy atom. The molecule has 3 heterocycles. The van der Waals surface area contributed by atoms with Crippen molar-refractivity contribution < 1.29 is 0 Å². The van der Waals surface area contributed by atoms with E-state index >= 15 is 0 Å². The molecule has 4 rings (SSSR count). The molecule has 0 amide bonds. The van der Waals surface area contributed by atoms with Gasteiger partial charge in [-0.1, -0.05) is 12.1 Å². The molecule has 3 aromatic heterocycles. The van der Waals surface area contributed by atoms with Gasteiger partial charge in [0.05, 0.1) is 11.9 Å². The molecule has 0 aliphatic rings. The number of pyridine rings is 2. The van der Waals surface area contributed by atoms with Gasteiger partial charge in [-0.2, -0.15) is 0 Å². The Labute approximate surface area is 151 Å². The maximum atomic E-state index is 12.0. The van der Waals surface area contributed by atoms with Crippen LogP contribution in [0.15, 0.2) is 71.9 Å². The Hall–Kier alpha value is -3.34. The lowest BCUT2D eigenvalue weighted by atomic mass is 10.1. The average Bonchev–Trinajstić information content (AvgIpc) is 3.05. The van der Waals surface area contributed by atoms with Crippen LogP contribution >= 0.6 is 0 Å². The molecule has 130 valence electrons. The third-order valence-corrected chi connectivity index (χ3v) is 4.52. The minimum atomic E-state index is 0.00888. The number of anilines is 1. The largest absolute Gasteiger partial charge is 0.399 e. The highest BCUT2D eigenvalue weighted by atomic mass is 16.1. The Balaban J connectivity index is 1.81. The van der Waals surface area contributed by atoms with Gasteiger partial charge in [-0.15, -0.1) is 0 Å². The van der Waals surface area contributed by atoms with Crippen molar-refractivity contribution in [2.75, 3.05) is 5.73 Å². The van der Waals surface area contributed by atoms with E-state index in [1.807, 2.05) is 79.3 Å². The first-order valence-corrected chi connectivity index (χ1v) is 8.58. The summed E-state index contributed by atoms with van der Waals surface area (Å²) in [5, 5.41) is 0. The molecule has 5 heteroatoms. The van der Waals surface area contributed by atoms with Crippen molar-refractivity contribution in [3.8, 4) is 22.4 Å². The lowest BCUT2D eigenvalue weighted by Gasteiger charge is -2.12. The van der Waals surface area contributed by atoms with E-state index < -0.39 is 0 Å². The first kappa shape index (κ1) is 16.1. The van der Waals surface area contributed by atoms with E-state index in [-0.39, 0.29) is 11.6 Å². The SMILES string of the molecule is CC(C)n1cc(-c2ccn3c(-c4cccc(N)c4)cnc3c2)ccc1=O. The summed E-state index contributed by atoms with van der Waals surface area (Å²) >= 11 is 0. The normalized spacial score (nSPS) is 11.3. The van der Waals surface area contributed by atoms with Gasteiger partial charge in [0.2, 0.25) is 0 Å². The molecule has 2 N–H and O–H groups in total. The van der Waals surface area contributed by atoms with Crippen molar-refractivity contribution in [3.05, 3.63) is 77.5 Å². The van der Waals surface area contributed by atoms with Crippen LogP contribution in [0.1, 0.15) is 19.9 Å². The van der Waals surface area contributed by atoms with Crippen molar-refractivity contribution >= 4 is 11.3 Å².